The molecule has 1 heterocycles. The van der Waals surface area contributed by atoms with E-state index in [9.17, 15) is 0 Å². The first-order valence-corrected chi connectivity index (χ1v) is 7.09. The molecule has 21 heavy (non-hydrogen) atoms. The van der Waals surface area contributed by atoms with Crippen LogP contribution in [0.1, 0.15) is 12.5 Å². The van der Waals surface area contributed by atoms with Crippen LogP contribution in [0.2, 0.25) is 0 Å². The molecule has 0 radical (unpaired) electrons. The molecular formula is C17H18N4. The summed E-state index contributed by atoms with van der Waals surface area (Å²) in [7, 11) is 1.88. The molecule has 0 spiro atoms. The molecule has 3 aromatic rings. The summed E-state index contributed by atoms with van der Waals surface area (Å²) in [6.45, 7) is 2.10. The molecule has 4 heteroatoms. The molecule has 0 bridgehead atoms. The largest absolute Gasteiger partial charge is 0.373 e. The minimum Gasteiger partial charge on any atom is -0.373 e. The molecule has 0 saturated heterocycles. The van der Waals surface area contributed by atoms with Crippen LogP contribution in [0.25, 0.3) is 10.8 Å². The van der Waals surface area contributed by atoms with Crippen LogP contribution in [0.3, 0.4) is 0 Å². The van der Waals surface area contributed by atoms with Crippen molar-refractivity contribution in [2.75, 3.05) is 17.7 Å². The maximum Gasteiger partial charge on any atom is 0.139 e. The fourth-order valence-corrected chi connectivity index (χ4v) is 2.47. The van der Waals surface area contributed by atoms with Crippen LogP contribution in [-0.4, -0.2) is 17.0 Å². The number of hydrogen-bond acceptors (Lipinski definition) is 4. The Morgan fingerprint density at radius 2 is 1.71 bits per heavy atom. The van der Waals surface area contributed by atoms with Crippen molar-refractivity contribution >= 4 is 28.1 Å². The zero-order chi connectivity index (χ0) is 14.7. The first kappa shape index (κ1) is 13.4. The Morgan fingerprint density at radius 3 is 2.48 bits per heavy atom. The van der Waals surface area contributed by atoms with Crippen LogP contribution in [0.4, 0.5) is 17.3 Å². The highest BCUT2D eigenvalue weighted by atomic mass is 15.1. The lowest BCUT2D eigenvalue weighted by Gasteiger charge is -2.13. The fraction of sp³-hybridized carbons (Fsp3) is 0.176. The van der Waals surface area contributed by atoms with Gasteiger partial charge >= 0.3 is 0 Å². The van der Waals surface area contributed by atoms with Gasteiger partial charge in [-0.2, -0.15) is 0 Å². The molecule has 0 atom stereocenters. The number of anilines is 3. The highest BCUT2D eigenvalue weighted by Gasteiger charge is 2.08. The van der Waals surface area contributed by atoms with Crippen LogP contribution in [0.5, 0.6) is 0 Å². The maximum absolute atomic E-state index is 4.37. The van der Waals surface area contributed by atoms with E-state index in [4.69, 9.17) is 0 Å². The third-order valence-corrected chi connectivity index (χ3v) is 3.55. The normalized spacial score (nSPS) is 10.6. The molecule has 0 aliphatic carbocycles. The summed E-state index contributed by atoms with van der Waals surface area (Å²) < 4.78 is 0. The van der Waals surface area contributed by atoms with Crippen LogP contribution in [-0.2, 0) is 6.42 Å². The molecule has 4 nitrogen and oxygen atoms in total. The third kappa shape index (κ3) is 2.65. The summed E-state index contributed by atoms with van der Waals surface area (Å²) in [6.07, 6.45) is 2.45. The van der Waals surface area contributed by atoms with Gasteiger partial charge in [0.25, 0.3) is 0 Å². The number of rotatable bonds is 4. The van der Waals surface area contributed by atoms with Crippen LogP contribution in [0.15, 0.2) is 48.8 Å². The van der Waals surface area contributed by atoms with Gasteiger partial charge in [-0.05, 0) is 29.3 Å². The molecule has 1 aromatic heterocycles. The van der Waals surface area contributed by atoms with Crippen molar-refractivity contribution in [1.29, 1.82) is 0 Å². The summed E-state index contributed by atoms with van der Waals surface area (Å²) in [4.78, 5) is 8.63. The quantitative estimate of drug-likeness (QED) is 0.758. The number of fused-ring (bicyclic) bond motifs is 1. The topological polar surface area (TPSA) is 49.8 Å². The van der Waals surface area contributed by atoms with Gasteiger partial charge in [-0.1, -0.05) is 37.3 Å². The second-order valence-corrected chi connectivity index (χ2v) is 4.84. The molecule has 0 aliphatic heterocycles. The molecule has 2 N–H and O–H groups in total. The fourth-order valence-electron chi connectivity index (χ4n) is 2.47. The minimum atomic E-state index is 0.854. The van der Waals surface area contributed by atoms with E-state index in [0.29, 0.717) is 0 Å². The number of aromatic nitrogens is 2. The van der Waals surface area contributed by atoms with E-state index in [1.807, 2.05) is 19.2 Å². The average Bonchev–Trinajstić information content (AvgIpc) is 2.54. The molecule has 0 fully saturated rings. The van der Waals surface area contributed by atoms with E-state index in [2.05, 4.69) is 57.9 Å². The second kappa shape index (κ2) is 5.79. The van der Waals surface area contributed by atoms with Crippen molar-refractivity contribution in [3.8, 4) is 0 Å². The summed E-state index contributed by atoms with van der Waals surface area (Å²) in [5.41, 5.74) is 2.12. The van der Waals surface area contributed by atoms with E-state index in [1.165, 1.54) is 10.8 Å². The van der Waals surface area contributed by atoms with Crippen molar-refractivity contribution < 1.29 is 0 Å². The van der Waals surface area contributed by atoms with E-state index in [-0.39, 0.29) is 0 Å². The minimum absolute atomic E-state index is 0.854. The molecule has 0 aliphatic rings. The summed E-state index contributed by atoms with van der Waals surface area (Å²) in [6, 6.07) is 14.6. The number of nitrogens with zero attached hydrogens (tertiary/aromatic N) is 2. The van der Waals surface area contributed by atoms with Gasteiger partial charge in [0.1, 0.15) is 18.0 Å². The van der Waals surface area contributed by atoms with E-state index >= 15 is 0 Å². The number of hydrogen-bond donors (Lipinski definition) is 2. The summed E-state index contributed by atoms with van der Waals surface area (Å²) in [5, 5.41) is 8.96. The predicted octanol–water partition coefficient (Wildman–Crippen LogP) is 3.98. The van der Waals surface area contributed by atoms with E-state index in [0.717, 1.165) is 29.3 Å². The molecule has 0 unspecified atom stereocenters. The van der Waals surface area contributed by atoms with Crippen molar-refractivity contribution in [3.05, 3.63) is 54.4 Å². The van der Waals surface area contributed by atoms with Gasteiger partial charge in [-0.3, -0.25) is 0 Å². The highest BCUT2D eigenvalue weighted by Crippen LogP contribution is 2.25. The Balaban J connectivity index is 1.98. The highest BCUT2D eigenvalue weighted by molar-refractivity contribution is 5.86. The van der Waals surface area contributed by atoms with Crippen molar-refractivity contribution in [1.82, 2.24) is 9.97 Å². The lowest BCUT2D eigenvalue weighted by Crippen LogP contribution is -2.04. The number of benzene rings is 2. The van der Waals surface area contributed by atoms with E-state index < -0.39 is 0 Å². The van der Waals surface area contributed by atoms with Gasteiger partial charge in [0.2, 0.25) is 0 Å². The molecular weight excluding hydrogens is 260 g/mol. The van der Waals surface area contributed by atoms with Crippen LogP contribution >= 0.6 is 0 Å². The van der Waals surface area contributed by atoms with Gasteiger partial charge in [-0.15, -0.1) is 0 Å². The third-order valence-electron chi connectivity index (χ3n) is 3.55. The first-order chi connectivity index (χ1) is 10.3. The average molecular weight is 278 g/mol. The van der Waals surface area contributed by atoms with Crippen molar-refractivity contribution in [2.24, 2.45) is 0 Å². The van der Waals surface area contributed by atoms with Gasteiger partial charge < -0.3 is 10.6 Å². The van der Waals surface area contributed by atoms with E-state index in [1.54, 1.807) is 6.33 Å². The Hall–Kier alpha value is -2.62. The standard InChI is InChI=1S/C17H18N4/c1-3-15-16(18-2)19-11-20-17(15)21-14-9-8-12-6-4-5-7-13(12)10-14/h4-11H,3H2,1-2H3,(H2,18,19,20,21). The summed E-state index contributed by atoms with van der Waals surface area (Å²) >= 11 is 0. The lowest BCUT2D eigenvalue weighted by atomic mass is 10.1. The smallest absolute Gasteiger partial charge is 0.139 e. The molecule has 106 valence electrons. The lowest BCUT2D eigenvalue weighted by molar-refractivity contribution is 1.05. The first-order valence-electron chi connectivity index (χ1n) is 7.09. The predicted molar refractivity (Wildman–Crippen MR) is 88.2 cm³/mol. The van der Waals surface area contributed by atoms with Crippen LogP contribution < -0.4 is 10.6 Å². The SMILES string of the molecule is CCc1c(NC)ncnc1Nc1ccc2ccccc2c1. The van der Waals surface area contributed by atoms with Crippen molar-refractivity contribution in [3.63, 3.8) is 0 Å². The zero-order valence-electron chi connectivity index (χ0n) is 12.2. The van der Waals surface area contributed by atoms with Crippen LogP contribution in [0, 0.1) is 0 Å². The number of nitrogens with one attached hydrogen (secondary N) is 2. The molecule has 3 rings (SSSR count). The zero-order valence-corrected chi connectivity index (χ0v) is 12.2. The Labute approximate surface area is 124 Å². The Bertz CT molecular complexity index is 768. The molecule has 0 saturated carbocycles. The van der Waals surface area contributed by atoms with Crippen molar-refractivity contribution in [2.45, 2.75) is 13.3 Å². The molecule has 2 aromatic carbocycles. The van der Waals surface area contributed by atoms with Gasteiger partial charge in [0, 0.05) is 18.3 Å². The molecule has 0 amide bonds. The van der Waals surface area contributed by atoms with Gasteiger partial charge in [-0.25, -0.2) is 9.97 Å². The Kier molecular flexibility index (Phi) is 3.69. The monoisotopic (exact) mass is 278 g/mol. The Morgan fingerprint density at radius 1 is 0.952 bits per heavy atom. The van der Waals surface area contributed by atoms with Gasteiger partial charge in [0.05, 0.1) is 0 Å². The maximum atomic E-state index is 4.37. The van der Waals surface area contributed by atoms with Gasteiger partial charge in [0.15, 0.2) is 0 Å². The second-order valence-electron chi connectivity index (χ2n) is 4.84. The summed E-state index contributed by atoms with van der Waals surface area (Å²) in [5.74, 6) is 1.72.